The van der Waals surface area contributed by atoms with Crippen molar-refractivity contribution in [2.45, 2.75) is 70.8 Å². The Labute approximate surface area is 106 Å². The van der Waals surface area contributed by atoms with Gasteiger partial charge in [-0.2, -0.15) is 11.8 Å². The van der Waals surface area contributed by atoms with E-state index in [9.17, 15) is 0 Å². The van der Waals surface area contributed by atoms with E-state index in [1.54, 1.807) is 0 Å². The predicted octanol–water partition coefficient (Wildman–Crippen LogP) is 4.21. The SMILES string of the molecule is CCCCCCCCCC(N)C1CCSC1. The molecule has 1 saturated heterocycles. The first kappa shape index (κ1) is 14.4. The number of rotatable bonds is 9. The van der Waals surface area contributed by atoms with Crippen molar-refractivity contribution in [3.63, 3.8) is 0 Å². The maximum Gasteiger partial charge on any atom is 0.00753 e. The van der Waals surface area contributed by atoms with Crippen LogP contribution in [0.1, 0.15) is 64.7 Å². The van der Waals surface area contributed by atoms with Gasteiger partial charge in [-0.15, -0.1) is 0 Å². The summed E-state index contributed by atoms with van der Waals surface area (Å²) in [5.74, 6) is 3.48. The molecule has 0 saturated carbocycles. The largest absolute Gasteiger partial charge is 0.327 e. The minimum Gasteiger partial charge on any atom is -0.327 e. The number of thioether (sulfide) groups is 1. The lowest BCUT2D eigenvalue weighted by atomic mass is 9.94. The van der Waals surface area contributed by atoms with Gasteiger partial charge in [0.05, 0.1) is 0 Å². The highest BCUT2D eigenvalue weighted by atomic mass is 32.2. The molecule has 0 aromatic heterocycles. The third-order valence-corrected chi connectivity index (χ3v) is 4.90. The lowest BCUT2D eigenvalue weighted by Crippen LogP contribution is -2.29. The number of unbranched alkanes of at least 4 members (excludes halogenated alkanes) is 6. The molecule has 0 amide bonds. The van der Waals surface area contributed by atoms with E-state index in [4.69, 9.17) is 5.73 Å². The maximum absolute atomic E-state index is 6.23. The summed E-state index contributed by atoms with van der Waals surface area (Å²) in [6, 6.07) is 0.491. The molecule has 1 rings (SSSR count). The number of hydrogen-bond donors (Lipinski definition) is 1. The van der Waals surface area contributed by atoms with Crippen LogP contribution in [0.2, 0.25) is 0 Å². The molecule has 0 spiro atoms. The fourth-order valence-corrected chi connectivity index (χ4v) is 3.82. The zero-order valence-corrected chi connectivity index (χ0v) is 11.7. The molecular formula is C14H29NS. The summed E-state index contributed by atoms with van der Waals surface area (Å²) in [6.45, 7) is 2.28. The molecule has 2 heteroatoms. The summed E-state index contributed by atoms with van der Waals surface area (Å²) in [5.41, 5.74) is 6.23. The minimum atomic E-state index is 0.491. The van der Waals surface area contributed by atoms with Crippen LogP contribution in [0.15, 0.2) is 0 Å². The third-order valence-electron chi connectivity index (χ3n) is 3.71. The number of hydrogen-bond acceptors (Lipinski definition) is 2. The van der Waals surface area contributed by atoms with Gasteiger partial charge < -0.3 is 5.73 Å². The molecule has 1 nitrogen and oxygen atoms in total. The van der Waals surface area contributed by atoms with E-state index in [1.165, 1.54) is 69.3 Å². The normalized spacial score (nSPS) is 22.5. The predicted molar refractivity (Wildman–Crippen MR) is 76.0 cm³/mol. The molecule has 1 aliphatic heterocycles. The van der Waals surface area contributed by atoms with E-state index >= 15 is 0 Å². The van der Waals surface area contributed by atoms with Crippen molar-refractivity contribution in [3.8, 4) is 0 Å². The molecule has 2 unspecified atom stereocenters. The van der Waals surface area contributed by atoms with Gasteiger partial charge in [-0.05, 0) is 30.3 Å². The molecule has 0 bridgehead atoms. The Morgan fingerprint density at radius 1 is 1.12 bits per heavy atom. The highest BCUT2D eigenvalue weighted by Gasteiger charge is 2.21. The van der Waals surface area contributed by atoms with Gasteiger partial charge in [-0.1, -0.05) is 51.9 Å². The first-order valence-electron chi connectivity index (χ1n) is 7.18. The van der Waals surface area contributed by atoms with Crippen LogP contribution in [-0.2, 0) is 0 Å². The van der Waals surface area contributed by atoms with Crippen LogP contribution in [0.4, 0.5) is 0 Å². The zero-order valence-electron chi connectivity index (χ0n) is 10.9. The van der Waals surface area contributed by atoms with Crippen molar-refractivity contribution in [1.82, 2.24) is 0 Å². The standard InChI is InChI=1S/C14H29NS/c1-2-3-4-5-6-7-8-9-14(15)13-10-11-16-12-13/h13-14H,2-12,15H2,1H3. The monoisotopic (exact) mass is 243 g/mol. The van der Waals surface area contributed by atoms with Crippen molar-refractivity contribution in [2.75, 3.05) is 11.5 Å². The van der Waals surface area contributed by atoms with Crippen LogP contribution < -0.4 is 5.73 Å². The molecule has 96 valence electrons. The second-order valence-corrected chi connectivity index (χ2v) is 6.35. The molecule has 0 aromatic carbocycles. The van der Waals surface area contributed by atoms with Gasteiger partial charge in [-0.25, -0.2) is 0 Å². The first-order valence-corrected chi connectivity index (χ1v) is 8.33. The van der Waals surface area contributed by atoms with Gasteiger partial charge in [0.15, 0.2) is 0 Å². The van der Waals surface area contributed by atoms with E-state index in [0.29, 0.717) is 6.04 Å². The lowest BCUT2D eigenvalue weighted by molar-refractivity contribution is 0.420. The van der Waals surface area contributed by atoms with E-state index < -0.39 is 0 Å². The Bertz CT molecular complexity index is 155. The maximum atomic E-state index is 6.23. The molecule has 1 aliphatic rings. The quantitative estimate of drug-likeness (QED) is 0.614. The van der Waals surface area contributed by atoms with Gasteiger partial charge in [-0.3, -0.25) is 0 Å². The summed E-state index contributed by atoms with van der Waals surface area (Å²) in [6.07, 6.45) is 12.4. The van der Waals surface area contributed by atoms with E-state index in [0.717, 1.165) is 5.92 Å². The smallest absolute Gasteiger partial charge is 0.00753 e. The molecule has 0 aliphatic carbocycles. The zero-order chi connectivity index (χ0) is 11.6. The summed E-state index contributed by atoms with van der Waals surface area (Å²) in [7, 11) is 0. The Balaban J connectivity index is 1.86. The van der Waals surface area contributed by atoms with Crippen molar-refractivity contribution in [3.05, 3.63) is 0 Å². The van der Waals surface area contributed by atoms with Crippen LogP contribution in [0, 0.1) is 5.92 Å². The van der Waals surface area contributed by atoms with Crippen LogP contribution in [0.3, 0.4) is 0 Å². The highest BCUT2D eigenvalue weighted by Crippen LogP contribution is 2.27. The summed E-state index contributed by atoms with van der Waals surface area (Å²) >= 11 is 2.08. The first-order chi connectivity index (χ1) is 7.84. The fourth-order valence-electron chi connectivity index (χ4n) is 2.46. The minimum absolute atomic E-state index is 0.491. The van der Waals surface area contributed by atoms with Crippen molar-refractivity contribution in [1.29, 1.82) is 0 Å². The van der Waals surface area contributed by atoms with Crippen molar-refractivity contribution in [2.24, 2.45) is 11.7 Å². The molecular weight excluding hydrogens is 214 g/mol. The second-order valence-electron chi connectivity index (χ2n) is 5.20. The van der Waals surface area contributed by atoms with E-state index in [1.807, 2.05) is 0 Å². The molecule has 0 aromatic rings. The molecule has 1 heterocycles. The summed E-state index contributed by atoms with van der Waals surface area (Å²) < 4.78 is 0. The van der Waals surface area contributed by atoms with Gasteiger partial charge in [0.2, 0.25) is 0 Å². The molecule has 0 radical (unpaired) electrons. The average Bonchev–Trinajstić information content (AvgIpc) is 2.81. The Morgan fingerprint density at radius 3 is 2.44 bits per heavy atom. The van der Waals surface area contributed by atoms with Crippen LogP contribution in [0.5, 0.6) is 0 Å². The van der Waals surface area contributed by atoms with Gasteiger partial charge in [0.1, 0.15) is 0 Å². The van der Waals surface area contributed by atoms with E-state index in [-0.39, 0.29) is 0 Å². The average molecular weight is 243 g/mol. The van der Waals surface area contributed by atoms with Gasteiger partial charge >= 0.3 is 0 Å². The van der Waals surface area contributed by atoms with E-state index in [2.05, 4.69) is 18.7 Å². The number of nitrogens with two attached hydrogens (primary N) is 1. The topological polar surface area (TPSA) is 26.0 Å². The van der Waals surface area contributed by atoms with Crippen LogP contribution >= 0.6 is 11.8 Å². The second kappa shape index (κ2) is 9.35. The molecule has 2 atom stereocenters. The highest BCUT2D eigenvalue weighted by molar-refractivity contribution is 7.99. The molecule has 1 fully saturated rings. The molecule has 2 N–H and O–H groups in total. The third kappa shape index (κ3) is 6.15. The Hall–Kier alpha value is 0.310. The van der Waals surface area contributed by atoms with Crippen LogP contribution in [-0.4, -0.2) is 17.5 Å². The molecule has 16 heavy (non-hydrogen) atoms. The van der Waals surface area contributed by atoms with Gasteiger partial charge in [0.25, 0.3) is 0 Å². The Kier molecular flexibility index (Phi) is 8.40. The summed E-state index contributed by atoms with van der Waals surface area (Å²) in [5, 5.41) is 0. The van der Waals surface area contributed by atoms with Crippen molar-refractivity contribution >= 4 is 11.8 Å². The Morgan fingerprint density at radius 2 is 1.81 bits per heavy atom. The van der Waals surface area contributed by atoms with Gasteiger partial charge in [0, 0.05) is 6.04 Å². The van der Waals surface area contributed by atoms with Crippen molar-refractivity contribution < 1.29 is 0 Å². The van der Waals surface area contributed by atoms with Crippen LogP contribution in [0.25, 0.3) is 0 Å². The summed E-state index contributed by atoms with van der Waals surface area (Å²) in [4.78, 5) is 0. The lowest BCUT2D eigenvalue weighted by Gasteiger charge is -2.17. The fraction of sp³-hybridized carbons (Fsp3) is 1.00.